The van der Waals surface area contributed by atoms with E-state index < -0.39 is 18.1 Å². The largest absolute Gasteiger partial charge is 0.358 e. The minimum absolute atomic E-state index is 0. The van der Waals surface area contributed by atoms with Gasteiger partial charge in [-0.15, -0.1) is 12.4 Å². The Balaban J connectivity index is 0.0000109. The Hall–Kier alpha value is -9.07. The van der Waals surface area contributed by atoms with Gasteiger partial charge in [-0.3, -0.25) is 28.8 Å². The molecule has 9 rings (SSSR count). The van der Waals surface area contributed by atoms with Crippen LogP contribution in [0.1, 0.15) is 131 Å². The molecule has 0 fully saturated rings. The maximum absolute atomic E-state index is 14.1. The van der Waals surface area contributed by atoms with Gasteiger partial charge in [0.1, 0.15) is 18.1 Å². The fourth-order valence-electron chi connectivity index (χ4n) is 12.4. The molecule has 0 spiro atoms. The Bertz CT molecular complexity index is 3630. The molecule has 3 heterocycles. The third kappa shape index (κ3) is 17.1. The summed E-state index contributed by atoms with van der Waals surface area (Å²) in [7, 11) is 0. The summed E-state index contributed by atoms with van der Waals surface area (Å²) >= 11 is 0. The second-order valence-corrected chi connectivity index (χ2v) is 24.2. The molecular weight excluding hydrogens is 1180 g/mol. The first kappa shape index (κ1) is 68.8. The summed E-state index contributed by atoms with van der Waals surface area (Å²) in [6.07, 6.45) is 5.52. The summed E-state index contributed by atoms with van der Waals surface area (Å²) in [5.41, 5.74) is 33.4. The Morgan fingerprint density at radius 2 is 0.630 bits per heavy atom. The van der Waals surface area contributed by atoms with E-state index in [2.05, 4.69) is 46.9 Å². The van der Waals surface area contributed by atoms with Gasteiger partial charge in [0.25, 0.3) is 0 Å². The first-order valence-electron chi connectivity index (χ1n) is 31.8. The molecule has 15 N–H and O–H groups in total. The Morgan fingerprint density at radius 3 is 0.880 bits per heavy atom. The van der Waals surface area contributed by atoms with Crippen LogP contribution in [0.4, 0.5) is 17.1 Å². The van der Waals surface area contributed by atoms with Crippen molar-refractivity contribution in [2.75, 3.05) is 35.6 Å². The van der Waals surface area contributed by atoms with Crippen LogP contribution in [0, 0.1) is 41.5 Å². The van der Waals surface area contributed by atoms with Crippen molar-refractivity contribution >= 4 is 97.6 Å². The number of fused-ring (bicyclic) bond motifs is 3. The maximum atomic E-state index is 14.1. The fourth-order valence-corrected chi connectivity index (χ4v) is 12.4. The Morgan fingerprint density at radius 1 is 0.370 bits per heavy atom. The van der Waals surface area contributed by atoms with Crippen LogP contribution in [-0.4, -0.2) is 88.2 Å². The van der Waals surface area contributed by atoms with E-state index in [0.717, 1.165) is 99.9 Å². The molecule has 9 aromatic rings. The van der Waals surface area contributed by atoms with Crippen molar-refractivity contribution in [3.8, 4) is 0 Å². The van der Waals surface area contributed by atoms with Gasteiger partial charge in [0, 0.05) is 72.8 Å². The smallest absolute Gasteiger partial charge is 0.246 e. The molecule has 0 saturated carbocycles. The average Bonchev–Trinajstić information content (AvgIpc) is 1.61. The summed E-state index contributed by atoms with van der Waals surface area (Å²) in [5.74, 6) is -2.23. The molecule has 0 unspecified atom stereocenters. The van der Waals surface area contributed by atoms with Gasteiger partial charge >= 0.3 is 0 Å². The monoisotopic (exact) mass is 1260 g/mol. The minimum Gasteiger partial charge on any atom is -0.358 e. The number of H-pyrrole nitrogens is 3. The molecule has 6 aromatic carbocycles. The molecule has 0 radical (unpaired) electrons. The molecule has 0 aliphatic heterocycles. The highest BCUT2D eigenvalue weighted by molar-refractivity contribution is 6.01. The standard InChI is InChI=1S/C73H88N12O6.ClH/c1-43-16-13-19-55-58(46(4)77-68(43)55)40-64(86)83-61(22-7-10-37-74)71(89)80-52-31-25-49(26-32-52)67(50-27-33-53(34-28-50)81-72(90)62(23-8-11-38-75)84-65(87)41-59-47(5)78-69-44(2)17-14-20-56(59)69)51-29-35-54(36-30-51)82-73(91)63(24-9-12-39-76)85-66(88)42-60-48(6)79-70-45(3)18-15-21-57(60)70;/h13-21,25-36,61-63,67,77-79H,7-12,22-24,37-42,74-76H2,1-6H3,(H,80,89)(H,81,90)(H,82,91)(H,83,86)(H,84,87)(H,85,88);1H/t61-,62-,63-;/m1./s1. The van der Waals surface area contributed by atoms with Crippen molar-refractivity contribution in [3.63, 3.8) is 0 Å². The van der Waals surface area contributed by atoms with Crippen LogP contribution >= 0.6 is 12.4 Å². The topological polar surface area (TPSA) is 300 Å². The summed E-state index contributed by atoms with van der Waals surface area (Å²) < 4.78 is 0. The van der Waals surface area contributed by atoms with Crippen molar-refractivity contribution in [3.05, 3.63) is 195 Å². The number of aromatic amines is 3. The summed E-state index contributed by atoms with van der Waals surface area (Å²) in [6, 6.07) is 38.2. The number of amides is 6. The van der Waals surface area contributed by atoms with E-state index >= 15 is 0 Å². The number of rotatable bonds is 30. The number of carbonyl (C=O) groups is 6. The zero-order chi connectivity index (χ0) is 64.7. The molecule has 19 heteroatoms. The zero-order valence-electron chi connectivity index (χ0n) is 53.6. The van der Waals surface area contributed by atoms with E-state index in [0.29, 0.717) is 94.5 Å². The molecular formula is C73H89ClN12O6. The number of para-hydroxylation sites is 3. The van der Waals surface area contributed by atoms with Gasteiger partial charge in [-0.05, 0) is 205 Å². The van der Waals surface area contributed by atoms with Crippen LogP contribution in [0.25, 0.3) is 32.7 Å². The third-order valence-corrected chi connectivity index (χ3v) is 17.4. The van der Waals surface area contributed by atoms with Crippen molar-refractivity contribution in [1.29, 1.82) is 0 Å². The molecule has 484 valence electrons. The molecule has 0 aliphatic carbocycles. The SMILES string of the molecule is Cc1[nH]c2c(C)cccc2c1CC(=O)N[C@H](CCCCN)C(=O)Nc1ccc(C(c2ccc(NC(=O)[C@@H](CCCCN)NC(=O)Cc3c(C)[nH]c4c(C)cccc34)cc2)c2ccc(NC(=O)[C@@H](CCCCN)NC(=O)Cc3c(C)[nH]c4c(C)cccc34)cc2)cc1.Cl. The molecule has 18 nitrogen and oxygen atoms in total. The number of benzene rings is 6. The second-order valence-electron chi connectivity index (χ2n) is 24.2. The normalized spacial score (nSPS) is 12.3. The molecule has 6 amide bonds. The Labute approximate surface area is 544 Å². The van der Waals surface area contributed by atoms with E-state index in [-0.39, 0.29) is 73.0 Å². The van der Waals surface area contributed by atoms with Crippen LogP contribution in [0.5, 0.6) is 0 Å². The predicted octanol–water partition coefficient (Wildman–Crippen LogP) is 11.0. The van der Waals surface area contributed by atoms with E-state index in [9.17, 15) is 28.8 Å². The number of carbonyl (C=O) groups excluding carboxylic acids is 6. The highest BCUT2D eigenvalue weighted by Gasteiger charge is 2.27. The van der Waals surface area contributed by atoms with Crippen LogP contribution in [0.3, 0.4) is 0 Å². The van der Waals surface area contributed by atoms with Gasteiger partial charge in [-0.25, -0.2) is 0 Å². The number of nitrogens with two attached hydrogens (primary N) is 3. The molecule has 0 aliphatic rings. The lowest BCUT2D eigenvalue weighted by Crippen LogP contribution is -2.44. The molecule has 3 atom stereocenters. The predicted molar refractivity (Wildman–Crippen MR) is 372 cm³/mol. The first-order valence-corrected chi connectivity index (χ1v) is 31.8. The number of anilines is 3. The van der Waals surface area contributed by atoms with E-state index in [1.807, 2.05) is 169 Å². The summed E-state index contributed by atoms with van der Waals surface area (Å²) in [6.45, 7) is 13.3. The number of hydrogen-bond donors (Lipinski definition) is 12. The van der Waals surface area contributed by atoms with E-state index in [1.165, 1.54) is 0 Å². The lowest BCUT2D eigenvalue weighted by atomic mass is 9.85. The second kappa shape index (κ2) is 32.3. The highest BCUT2D eigenvalue weighted by atomic mass is 35.5. The number of nitrogens with one attached hydrogen (secondary N) is 9. The van der Waals surface area contributed by atoms with Gasteiger partial charge in [0.15, 0.2) is 0 Å². The lowest BCUT2D eigenvalue weighted by Gasteiger charge is -2.22. The Kier molecular flexibility index (Phi) is 24.2. The number of hydrogen-bond acceptors (Lipinski definition) is 9. The maximum Gasteiger partial charge on any atom is 0.246 e. The molecule has 0 saturated heterocycles. The molecule has 3 aromatic heterocycles. The van der Waals surface area contributed by atoms with E-state index in [4.69, 9.17) is 17.2 Å². The fraction of sp³-hybridized carbons (Fsp3) is 0.342. The average molecular weight is 1270 g/mol. The molecule has 0 bridgehead atoms. The minimum atomic E-state index is -0.815. The van der Waals surface area contributed by atoms with Crippen molar-refractivity contribution in [2.45, 2.75) is 143 Å². The quantitative estimate of drug-likeness (QED) is 0.0150. The number of aryl methyl sites for hydroxylation is 6. The number of halogens is 1. The van der Waals surface area contributed by atoms with E-state index in [1.54, 1.807) is 0 Å². The van der Waals surface area contributed by atoms with Gasteiger partial charge in [0.05, 0.1) is 19.3 Å². The van der Waals surface area contributed by atoms with Crippen molar-refractivity contribution < 1.29 is 28.8 Å². The van der Waals surface area contributed by atoms with Gasteiger partial charge in [-0.1, -0.05) is 91.0 Å². The van der Waals surface area contributed by atoms with Crippen LogP contribution in [0.15, 0.2) is 127 Å². The van der Waals surface area contributed by atoms with Crippen molar-refractivity contribution in [2.24, 2.45) is 17.2 Å². The lowest BCUT2D eigenvalue weighted by molar-refractivity contribution is -0.126. The highest BCUT2D eigenvalue weighted by Crippen LogP contribution is 2.35. The van der Waals surface area contributed by atoms with Crippen LogP contribution in [-0.2, 0) is 48.0 Å². The van der Waals surface area contributed by atoms with Crippen molar-refractivity contribution in [1.82, 2.24) is 30.9 Å². The van der Waals surface area contributed by atoms with Gasteiger partial charge < -0.3 is 64.1 Å². The van der Waals surface area contributed by atoms with Crippen LogP contribution < -0.4 is 49.1 Å². The first-order chi connectivity index (χ1) is 43.9. The van der Waals surface area contributed by atoms with Gasteiger partial charge in [0.2, 0.25) is 35.4 Å². The summed E-state index contributed by atoms with van der Waals surface area (Å²) in [4.78, 5) is 94.0. The third-order valence-electron chi connectivity index (χ3n) is 17.4. The number of aromatic nitrogens is 3. The van der Waals surface area contributed by atoms with Gasteiger partial charge in [-0.2, -0.15) is 0 Å². The zero-order valence-corrected chi connectivity index (χ0v) is 54.4. The number of unbranched alkanes of at least 4 members (excludes halogenated alkanes) is 3. The van der Waals surface area contributed by atoms with Crippen LogP contribution in [0.2, 0.25) is 0 Å². The summed E-state index contributed by atoms with van der Waals surface area (Å²) in [5, 5.41) is 21.2. The molecule has 92 heavy (non-hydrogen) atoms.